The molecule has 7 heteroatoms. The van der Waals surface area contributed by atoms with Crippen LogP contribution in [-0.2, 0) is 9.53 Å². The average molecular weight is 369 g/mol. The normalized spacial score (nSPS) is 34.0. The van der Waals surface area contributed by atoms with Gasteiger partial charge in [0.15, 0.2) is 0 Å². The molecular formula is C20H23N3O4. The zero-order chi connectivity index (χ0) is 18.8. The van der Waals surface area contributed by atoms with Crippen LogP contribution < -0.4 is 5.32 Å². The number of carboxylic acids is 1. The molecule has 7 nitrogen and oxygen atoms in total. The van der Waals surface area contributed by atoms with Gasteiger partial charge in [0.2, 0.25) is 0 Å². The molecule has 2 heterocycles. The molecule has 4 aliphatic rings. The molecular weight excluding hydrogens is 346 g/mol. The van der Waals surface area contributed by atoms with Gasteiger partial charge in [-0.3, -0.25) is 4.79 Å². The summed E-state index contributed by atoms with van der Waals surface area (Å²) in [6.45, 7) is 0. The van der Waals surface area contributed by atoms with E-state index in [9.17, 15) is 14.7 Å². The fourth-order valence-electron chi connectivity index (χ4n) is 6.22. The summed E-state index contributed by atoms with van der Waals surface area (Å²) in [5, 5.41) is 14.0. The second-order valence-electron chi connectivity index (χ2n) is 8.50. The van der Waals surface area contributed by atoms with Crippen molar-refractivity contribution in [1.82, 2.24) is 9.97 Å². The number of ether oxygens (including phenoxy) is 1. The number of fused-ring (bicyclic) bond motifs is 1. The van der Waals surface area contributed by atoms with Crippen LogP contribution in [0.15, 0.2) is 18.5 Å². The Labute approximate surface area is 156 Å². The number of hydrogen-bond donors (Lipinski definition) is 3. The Balaban J connectivity index is 1.51. The highest BCUT2D eigenvalue weighted by Gasteiger charge is 2.59. The Morgan fingerprint density at radius 2 is 2.04 bits per heavy atom. The minimum absolute atomic E-state index is 0.0662. The van der Waals surface area contributed by atoms with Crippen molar-refractivity contribution in [3.63, 3.8) is 0 Å². The van der Waals surface area contributed by atoms with Crippen molar-refractivity contribution in [2.24, 2.45) is 23.2 Å². The smallest absolute Gasteiger partial charge is 0.339 e. The molecule has 0 aromatic carbocycles. The van der Waals surface area contributed by atoms with Crippen molar-refractivity contribution in [2.45, 2.75) is 38.1 Å². The topological polar surface area (TPSA) is 104 Å². The summed E-state index contributed by atoms with van der Waals surface area (Å²) in [7, 11) is 1.48. The second-order valence-corrected chi connectivity index (χ2v) is 8.50. The van der Waals surface area contributed by atoms with E-state index in [1.165, 1.54) is 13.3 Å². The standard InChI is InChI=1S/C20H23N3O4/c1-27-19(26)20-6-10-4-11(7-20)15(12(5-10)8-20)23-16-13-2-3-21-17(13)22-9-14(16)18(24)25/h2-3,9-12,15H,4-8H2,1H3,(H,24,25)(H2,21,22,23). The number of nitrogens with one attached hydrogen (secondary N) is 2. The molecule has 27 heavy (non-hydrogen) atoms. The van der Waals surface area contributed by atoms with Crippen LogP contribution in [0.4, 0.5) is 5.69 Å². The van der Waals surface area contributed by atoms with Crippen molar-refractivity contribution in [2.75, 3.05) is 12.4 Å². The van der Waals surface area contributed by atoms with Crippen molar-refractivity contribution < 1.29 is 19.4 Å². The lowest BCUT2D eigenvalue weighted by Crippen LogP contribution is -2.58. The lowest BCUT2D eigenvalue weighted by molar-refractivity contribution is -0.169. The van der Waals surface area contributed by atoms with E-state index in [4.69, 9.17) is 4.74 Å². The molecule has 4 saturated carbocycles. The fraction of sp³-hybridized carbons (Fsp3) is 0.550. The van der Waals surface area contributed by atoms with Crippen molar-refractivity contribution in [3.05, 3.63) is 24.0 Å². The molecule has 3 N–H and O–H groups in total. The van der Waals surface area contributed by atoms with E-state index < -0.39 is 5.97 Å². The molecule has 0 saturated heterocycles. The number of carbonyl (C=O) groups is 2. The summed E-state index contributed by atoms with van der Waals surface area (Å²) in [4.78, 5) is 31.5. The number of rotatable bonds is 4. The van der Waals surface area contributed by atoms with Crippen LogP contribution in [0.5, 0.6) is 0 Å². The van der Waals surface area contributed by atoms with E-state index in [-0.39, 0.29) is 23.0 Å². The van der Waals surface area contributed by atoms with Gasteiger partial charge < -0.3 is 20.1 Å². The summed E-state index contributed by atoms with van der Waals surface area (Å²) < 4.78 is 5.14. The predicted octanol–water partition coefficient (Wildman–Crippen LogP) is 3.04. The molecule has 4 aliphatic carbocycles. The third-order valence-electron chi connectivity index (χ3n) is 7.02. The third kappa shape index (κ3) is 2.37. The number of nitrogens with zero attached hydrogens (tertiary/aromatic N) is 1. The molecule has 142 valence electrons. The van der Waals surface area contributed by atoms with Gasteiger partial charge in [0.05, 0.1) is 18.2 Å². The van der Waals surface area contributed by atoms with Gasteiger partial charge in [0, 0.05) is 23.8 Å². The average Bonchev–Trinajstić information content (AvgIpc) is 3.12. The number of anilines is 1. The maximum absolute atomic E-state index is 12.5. The van der Waals surface area contributed by atoms with E-state index >= 15 is 0 Å². The molecule has 2 atom stereocenters. The van der Waals surface area contributed by atoms with Crippen LogP contribution in [0.3, 0.4) is 0 Å². The number of pyridine rings is 1. The fourth-order valence-corrected chi connectivity index (χ4v) is 6.22. The van der Waals surface area contributed by atoms with Crippen LogP contribution >= 0.6 is 0 Å². The maximum atomic E-state index is 12.5. The second kappa shape index (κ2) is 5.71. The molecule has 2 unspecified atom stereocenters. The van der Waals surface area contributed by atoms with Gasteiger partial charge in [0.25, 0.3) is 0 Å². The summed E-state index contributed by atoms with van der Waals surface area (Å²) in [6, 6.07) is 2.04. The SMILES string of the molecule is COC(=O)C12CC3CC(C1)C(Nc1c(C(=O)O)cnc4[nH]ccc14)C(C3)C2. The molecule has 0 amide bonds. The molecule has 0 radical (unpaired) electrons. The first-order valence-corrected chi connectivity index (χ1v) is 9.55. The largest absolute Gasteiger partial charge is 0.478 e. The first-order valence-electron chi connectivity index (χ1n) is 9.55. The Hall–Kier alpha value is -2.57. The first kappa shape index (κ1) is 16.6. The molecule has 2 aromatic heterocycles. The number of methoxy groups -OCH3 is 1. The van der Waals surface area contributed by atoms with E-state index in [0.717, 1.165) is 37.5 Å². The number of aromatic carboxylic acids is 1. The van der Waals surface area contributed by atoms with Crippen LogP contribution in [0.25, 0.3) is 11.0 Å². The van der Waals surface area contributed by atoms with Gasteiger partial charge in [-0.1, -0.05) is 0 Å². The maximum Gasteiger partial charge on any atom is 0.339 e. The van der Waals surface area contributed by atoms with Crippen LogP contribution in [0, 0.1) is 23.2 Å². The Bertz CT molecular complexity index is 920. The van der Waals surface area contributed by atoms with Gasteiger partial charge in [-0.15, -0.1) is 0 Å². The quantitative estimate of drug-likeness (QED) is 0.716. The highest BCUT2D eigenvalue weighted by atomic mass is 16.5. The van der Waals surface area contributed by atoms with Gasteiger partial charge in [0.1, 0.15) is 11.2 Å². The number of H-pyrrole nitrogens is 1. The lowest BCUT2D eigenvalue weighted by atomic mass is 9.48. The van der Waals surface area contributed by atoms with Crippen LogP contribution in [0.2, 0.25) is 0 Å². The van der Waals surface area contributed by atoms with E-state index in [1.807, 2.05) is 6.07 Å². The number of aromatic amines is 1. The van der Waals surface area contributed by atoms with Crippen LogP contribution in [0.1, 0.15) is 42.5 Å². The number of esters is 1. The molecule has 4 fully saturated rings. The Morgan fingerprint density at radius 3 is 2.70 bits per heavy atom. The highest BCUT2D eigenvalue weighted by Crippen LogP contribution is 2.61. The summed E-state index contributed by atoms with van der Waals surface area (Å²) in [6.07, 6.45) is 7.97. The Kier molecular flexibility index (Phi) is 3.51. The molecule has 0 spiro atoms. The highest BCUT2D eigenvalue weighted by molar-refractivity contribution is 6.03. The monoisotopic (exact) mass is 369 g/mol. The summed E-state index contributed by atoms with van der Waals surface area (Å²) in [5.41, 5.74) is 1.18. The molecule has 4 bridgehead atoms. The summed E-state index contributed by atoms with van der Waals surface area (Å²) >= 11 is 0. The van der Waals surface area contributed by atoms with Crippen molar-refractivity contribution >= 4 is 28.7 Å². The number of hydrogen-bond acceptors (Lipinski definition) is 5. The number of carbonyl (C=O) groups excluding carboxylic acids is 1. The number of aromatic nitrogens is 2. The van der Waals surface area contributed by atoms with E-state index in [0.29, 0.717) is 29.1 Å². The third-order valence-corrected chi connectivity index (χ3v) is 7.02. The van der Waals surface area contributed by atoms with E-state index in [2.05, 4.69) is 15.3 Å². The predicted molar refractivity (Wildman–Crippen MR) is 98.5 cm³/mol. The summed E-state index contributed by atoms with van der Waals surface area (Å²) in [5.74, 6) is 0.244. The molecule has 6 rings (SSSR count). The Morgan fingerprint density at radius 1 is 1.30 bits per heavy atom. The van der Waals surface area contributed by atoms with Crippen LogP contribution in [-0.4, -0.2) is 40.2 Å². The van der Waals surface area contributed by atoms with Gasteiger partial charge in [-0.25, -0.2) is 9.78 Å². The minimum atomic E-state index is -0.983. The van der Waals surface area contributed by atoms with Crippen molar-refractivity contribution in [1.29, 1.82) is 0 Å². The minimum Gasteiger partial charge on any atom is -0.478 e. The van der Waals surface area contributed by atoms with Gasteiger partial charge >= 0.3 is 11.9 Å². The van der Waals surface area contributed by atoms with Crippen molar-refractivity contribution in [3.8, 4) is 0 Å². The van der Waals surface area contributed by atoms with Gasteiger partial charge in [-0.05, 0) is 55.9 Å². The zero-order valence-electron chi connectivity index (χ0n) is 15.2. The first-order chi connectivity index (χ1) is 13.0. The van der Waals surface area contributed by atoms with Gasteiger partial charge in [-0.2, -0.15) is 0 Å². The molecule has 2 aromatic rings. The number of carboxylic acid groups (broad SMARTS) is 1. The lowest BCUT2D eigenvalue weighted by Gasteiger charge is -2.58. The van der Waals surface area contributed by atoms with E-state index in [1.54, 1.807) is 6.20 Å². The molecule has 0 aliphatic heterocycles. The zero-order valence-corrected chi connectivity index (χ0v) is 15.2.